The average Bonchev–Trinajstić information content (AvgIpc) is 2.90. The molecule has 0 radical (unpaired) electrons. The molecule has 2 heterocycles. The van der Waals surface area contributed by atoms with Crippen LogP contribution in [0.3, 0.4) is 0 Å². The lowest BCUT2D eigenvalue weighted by molar-refractivity contribution is -0.384. The Labute approximate surface area is 126 Å². The predicted molar refractivity (Wildman–Crippen MR) is 80.6 cm³/mol. The molecule has 0 aromatic heterocycles. The first-order valence-corrected chi connectivity index (χ1v) is 7.82. The zero-order valence-electron chi connectivity index (χ0n) is 11.2. The first-order valence-electron chi connectivity index (χ1n) is 7.03. The molecule has 108 valence electrons. The van der Waals surface area contributed by atoms with Gasteiger partial charge in [0.25, 0.3) is 5.69 Å². The number of nitrogens with zero attached hydrogens (tertiary/aromatic N) is 2. The minimum atomic E-state index is -0.355. The molecular weight excluding hydrogens is 322 g/mol. The molecule has 0 amide bonds. The van der Waals surface area contributed by atoms with Crippen molar-refractivity contribution in [1.29, 1.82) is 0 Å². The fourth-order valence-electron chi connectivity index (χ4n) is 3.36. The van der Waals surface area contributed by atoms with Crippen molar-refractivity contribution in [2.75, 3.05) is 19.6 Å². The summed E-state index contributed by atoms with van der Waals surface area (Å²) in [6.07, 6.45) is 2.56. The van der Waals surface area contributed by atoms with Crippen molar-refractivity contribution < 1.29 is 4.92 Å². The molecule has 2 fully saturated rings. The number of rotatable bonds is 3. The van der Waals surface area contributed by atoms with Crippen LogP contribution < -0.4 is 5.32 Å². The lowest BCUT2D eigenvalue weighted by Crippen LogP contribution is -2.44. The average molecular weight is 340 g/mol. The van der Waals surface area contributed by atoms with E-state index in [1.54, 1.807) is 12.1 Å². The van der Waals surface area contributed by atoms with Gasteiger partial charge in [0.15, 0.2) is 0 Å². The highest BCUT2D eigenvalue weighted by atomic mass is 79.9. The van der Waals surface area contributed by atoms with Crippen LogP contribution in [-0.2, 0) is 6.54 Å². The number of non-ortho nitro benzene ring substituents is 1. The van der Waals surface area contributed by atoms with Crippen LogP contribution in [0.25, 0.3) is 0 Å². The normalized spacial score (nSPS) is 26.4. The lowest BCUT2D eigenvalue weighted by atomic mass is 9.91. The number of nitro benzene ring substituents is 1. The van der Waals surface area contributed by atoms with E-state index in [-0.39, 0.29) is 10.6 Å². The van der Waals surface area contributed by atoms with Crippen LogP contribution in [0.2, 0.25) is 0 Å². The highest BCUT2D eigenvalue weighted by molar-refractivity contribution is 9.10. The molecule has 2 aliphatic rings. The summed E-state index contributed by atoms with van der Waals surface area (Å²) in [6, 6.07) is 5.68. The number of nitro groups is 1. The van der Waals surface area contributed by atoms with Crippen LogP contribution in [-0.4, -0.2) is 35.5 Å². The molecule has 3 rings (SSSR count). The zero-order chi connectivity index (χ0) is 14.1. The molecule has 2 unspecified atom stereocenters. The van der Waals surface area contributed by atoms with Gasteiger partial charge in [0.2, 0.25) is 0 Å². The summed E-state index contributed by atoms with van der Waals surface area (Å²) in [7, 11) is 0. The molecular formula is C14H18BrN3O2. The molecule has 0 saturated carbocycles. The van der Waals surface area contributed by atoms with E-state index in [1.165, 1.54) is 12.8 Å². The molecule has 20 heavy (non-hydrogen) atoms. The van der Waals surface area contributed by atoms with Crippen molar-refractivity contribution in [3.8, 4) is 0 Å². The van der Waals surface area contributed by atoms with E-state index < -0.39 is 0 Å². The second kappa shape index (κ2) is 5.79. The van der Waals surface area contributed by atoms with Gasteiger partial charge in [-0.25, -0.2) is 0 Å². The Morgan fingerprint density at radius 2 is 2.30 bits per heavy atom. The number of halogens is 1. The van der Waals surface area contributed by atoms with E-state index in [1.807, 2.05) is 6.07 Å². The fourth-order valence-corrected chi connectivity index (χ4v) is 3.85. The number of likely N-dealkylation sites (tertiary alicyclic amines) is 1. The maximum absolute atomic E-state index is 10.8. The number of nitrogens with one attached hydrogen (secondary N) is 1. The molecule has 2 atom stereocenters. The first-order chi connectivity index (χ1) is 9.65. The molecule has 0 spiro atoms. The monoisotopic (exact) mass is 339 g/mol. The highest BCUT2D eigenvalue weighted by Gasteiger charge is 2.34. The van der Waals surface area contributed by atoms with Gasteiger partial charge in [0.05, 0.1) is 4.92 Å². The second-order valence-corrected chi connectivity index (χ2v) is 6.49. The minimum absolute atomic E-state index is 0.139. The molecule has 0 bridgehead atoms. The lowest BCUT2D eigenvalue weighted by Gasteiger charge is -2.37. The van der Waals surface area contributed by atoms with E-state index >= 15 is 0 Å². The Kier molecular flexibility index (Phi) is 4.05. The third-order valence-electron chi connectivity index (χ3n) is 4.41. The van der Waals surface area contributed by atoms with Crippen LogP contribution in [0.4, 0.5) is 5.69 Å². The number of piperidine rings is 1. The molecule has 0 aliphatic carbocycles. The number of fused-ring (bicyclic) bond motifs is 1. The number of benzene rings is 1. The Balaban J connectivity index is 1.75. The van der Waals surface area contributed by atoms with E-state index in [4.69, 9.17) is 0 Å². The van der Waals surface area contributed by atoms with Gasteiger partial charge in [-0.3, -0.25) is 15.0 Å². The molecule has 6 heteroatoms. The van der Waals surface area contributed by atoms with Gasteiger partial charge in [0, 0.05) is 35.7 Å². The summed E-state index contributed by atoms with van der Waals surface area (Å²) in [6.45, 7) is 4.17. The molecule has 1 aromatic rings. The van der Waals surface area contributed by atoms with E-state index in [2.05, 4.69) is 26.1 Å². The minimum Gasteiger partial charge on any atom is -0.315 e. The third kappa shape index (κ3) is 2.73. The van der Waals surface area contributed by atoms with Gasteiger partial charge < -0.3 is 5.32 Å². The topological polar surface area (TPSA) is 58.4 Å². The van der Waals surface area contributed by atoms with Crippen molar-refractivity contribution in [3.63, 3.8) is 0 Å². The first kappa shape index (κ1) is 14.0. The smallest absolute Gasteiger partial charge is 0.270 e. The van der Waals surface area contributed by atoms with Crippen molar-refractivity contribution in [1.82, 2.24) is 10.2 Å². The summed E-state index contributed by atoms with van der Waals surface area (Å²) in [5, 5.41) is 14.2. The number of hydrogen-bond acceptors (Lipinski definition) is 4. The van der Waals surface area contributed by atoms with Gasteiger partial charge in [-0.15, -0.1) is 0 Å². The Morgan fingerprint density at radius 3 is 3.05 bits per heavy atom. The third-order valence-corrected chi connectivity index (χ3v) is 5.15. The van der Waals surface area contributed by atoms with Gasteiger partial charge in [-0.1, -0.05) is 15.9 Å². The summed E-state index contributed by atoms with van der Waals surface area (Å²) in [5.74, 6) is 0.764. The Morgan fingerprint density at radius 1 is 1.45 bits per heavy atom. The van der Waals surface area contributed by atoms with Crippen molar-refractivity contribution in [2.45, 2.75) is 25.4 Å². The fraction of sp³-hybridized carbons (Fsp3) is 0.571. The largest absolute Gasteiger partial charge is 0.315 e. The van der Waals surface area contributed by atoms with Gasteiger partial charge in [-0.05, 0) is 43.5 Å². The predicted octanol–water partition coefficient (Wildman–Crippen LogP) is 2.54. The quantitative estimate of drug-likeness (QED) is 0.679. The van der Waals surface area contributed by atoms with Crippen LogP contribution in [0.15, 0.2) is 22.7 Å². The maximum atomic E-state index is 10.8. The van der Waals surface area contributed by atoms with Crippen molar-refractivity contribution in [3.05, 3.63) is 38.3 Å². The molecule has 1 N–H and O–H groups in total. The molecule has 2 aliphatic heterocycles. The molecule has 5 nitrogen and oxygen atoms in total. The standard InChI is InChI=1S/C14H18BrN3O2/c15-13-6-12(18(19)20)4-3-11(13)9-17-5-1-2-10-7-16-8-14(10)17/h3-4,6,10,14,16H,1-2,5,7-9H2. The molecule has 2 saturated heterocycles. The zero-order valence-corrected chi connectivity index (χ0v) is 12.8. The van der Waals surface area contributed by atoms with Crippen LogP contribution >= 0.6 is 15.9 Å². The number of hydrogen-bond donors (Lipinski definition) is 1. The van der Waals surface area contributed by atoms with Crippen molar-refractivity contribution in [2.24, 2.45) is 5.92 Å². The van der Waals surface area contributed by atoms with Crippen LogP contribution in [0.5, 0.6) is 0 Å². The van der Waals surface area contributed by atoms with E-state index in [0.717, 1.165) is 42.1 Å². The van der Waals surface area contributed by atoms with Crippen LogP contribution in [0.1, 0.15) is 18.4 Å². The van der Waals surface area contributed by atoms with Crippen molar-refractivity contribution >= 4 is 21.6 Å². The van der Waals surface area contributed by atoms with Crippen LogP contribution in [0, 0.1) is 16.0 Å². The van der Waals surface area contributed by atoms with E-state index in [0.29, 0.717) is 6.04 Å². The van der Waals surface area contributed by atoms with Gasteiger partial charge in [-0.2, -0.15) is 0 Å². The summed E-state index contributed by atoms with van der Waals surface area (Å²) in [5.41, 5.74) is 1.27. The summed E-state index contributed by atoms with van der Waals surface area (Å²) in [4.78, 5) is 12.9. The summed E-state index contributed by atoms with van der Waals surface area (Å²) < 4.78 is 0.833. The second-order valence-electron chi connectivity index (χ2n) is 5.63. The highest BCUT2D eigenvalue weighted by Crippen LogP contribution is 2.30. The summed E-state index contributed by atoms with van der Waals surface area (Å²) >= 11 is 3.47. The van der Waals surface area contributed by atoms with E-state index in [9.17, 15) is 10.1 Å². The Bertz CT molecular complexity index is 523. The SMILES string of the molecule is O=[N+]([O-])c1ccc(CN2CCCC3CNCC32)c(Br)c1. The Hall–Kier alpha value is -0.980. The maximum Gasteiger partial charge on any atom is 0.270 e. The van der Waals surface area contributed by atoms with Gasteiger partial charge in [0.1, 0.15) is 0 Å². The molecule has 1 aromatic carbocycles. The van der Waals surface area contributed by atoms with Gasteiger partial charge >= 0.3 is 0 Å².